The predicted molar refractivity (Wildman–Crippen MR) is 89.9 cm³/mol. The highest BCUT2D eigenvalue weighted by Gasteiger charge is 2.18. The van der Waals surface area contributed by atoms with Crippen molar-refractivity contribution in [2.24, 2.45) is 11.7 Å². The lowest BCUT2D eigenvalue weighted by atomic mass is 10.1. The van der Waals surface area contributed by atoms with E-state index in [9.17, 15) is 0 Å². The van der Waals surface area contributed by atoms with Crippen molar-refractivity contribution < 1.29 is 0 Å². The largest absolute Gasteiger partial charge is 0.320 e. The summed E-state index contributed by atoms with van der Waals surface area (Å²) in [5, 5.41) is 2.14. The maximum atomic E-state index is 5.47. The highest BCUT2D eigenvalue weighted by molar-refractivity contribution is 7.10. The molecule has 0 bridgehead atoms. The van der Waals surface area contributed by atoms with E-state index in [2.05, 4.69) is 55.9 Å². The molecule has 0 aliphatic heterocycles. The first kappa shape index (κ1) is 17.2. The smallest absolute Gasteiger partial charge is 0.0555 e. The first-order chi connectivity index (χ1) is 9.62. The fourth-order valence-corrected chi connectivity index (χ4v) is 3.38. The van der Waals surface area contributed by atoms with E-state index in [1.165, 1.54) is 17.7 Å². The van der Waals surface area contributed by atoms with Gasteiger partial charge >= 0.3 is 0 Å². The average molecular weight is 292 g/mol. The Morgan fingerprint density at radius 2 is 2.00 bits per heavy atom. The Morgan fingerprint density at radius 3 is 2.55 bits per heavy atom. The number of hydrogen-bond acceptors (Lipinski definition) is 3. The van der Waals surface area contributed by atoms with Gasteiger partial charge in [0, 0.05) is 29.6 Å². The molecular formula is C17H28N2S. The molecule has 0 atom stereocenters. The molecule has 1 rings (SSSR count). The van der Waals surface area contributed by atoms with Crippen LogP contribution in [0.2, 0.25) is 0 Å². The molecule has 0 fully saturated rings. The van der Waals surface area contributed by atoms with Crippen LogP contribution in [-0.4, -0.2) is 24.0 Å². The van der Waals surface area contributed by atoms with Gasteiger partial charge in [-0.2, -0.15) is 0 Å². The van der Waals surface area contributed by atoms with Crippen LogP contribution in [0.3, 0.4) is 0 Å². The molecule has 0 saturated heterocycles. The normalized spacial score (nSPS) is 11.2. The molecule has 0 radical (unpaired) electrons. The Bertz CT molecular complexity index is 435. The maximum absolute atomic E-state index is 5.47. The number of nitrogens with zero attached hydrogens (tertiary/aromatic N) is 1. The lowest BCUT2D eigenvalue weighted by molar-refractivity contribution is 0.159. The van der Waals surface area contributed by atoms with Crippen molar-refractivity contribution in [1.82, 2.24) is 4.90 Å². The molecule has 0 aliphatic carbocycles. The van der Waals surface area contributed by atoms with Crippen LogP contribution < -0.4 is 5.73 Å². The summed E-state index contributed by atoms with van der Waals surface area (Å²) >= 11 is 1.81. The summed E-state index contributed by atoms with van der Waals surface area (Å²) in [6.07, 6.45) is 2.41. The first-order valence-electron chi connectivity index (χ1n) is 7.61. The molecule has 0 amide bonds. The van der Waals surface area contributed by atoms with Crippen LogP contribution in [0.1, 0.15) is 51.0 Å². The van der Waals surface area contributed by atoms with Gasteiger partial charge in [0.15, 0.2) is 0 Å². The monoisotopic (exact) mass is 292 g/mol. The Hall–Kier alpha value is -0.820. The van der Waals surface area contributed by atoms with Crippen molar-refractivity contribution in [3.8, 4) is 11.8 Å². The Kier molecular flexibility index (Phi) is 7.91. The van der Waals surface area contributed by atoms with Crippen molar-refractivity contribution in [2.75, 3.05) is 13.1 Å². The SMILES string of the molecule is CCC(CC)N(Cc1sccc1C#CCN)CC(C)C. The minimum atomic E-state index is 0.428. The minimum Gasteiger partial charge on any atom is -0.320 e. The number of nitrogens with two attached hydrogens (primary N) is 1. The van der Waals surface area contributed by atoms with Crippen LogP contribution in [-0.2, 0) is 6.54 Å². The highest BCUT2D eigenvalue weighted by Crippen LogP contribution is 2.22. The van der Waals surface area contributed by atoms with Crippen molar-refractivity contribution in [2.45, 2.75) is 53.1 Å². The van der Waals surface area contributed by atoms with Crippen LogP contribution in [0.15, 0.2) is 11.4 Å². The van der Waals surface area contributed by atoms with Gasteiger partial charge in [-0.05, 0) is 30.2 Å². The van der Waals surface area contributed by atoms with Crippen LogP contribution in [0.5, 0.6) is 0 Å². The van der Waals surface area contributed by atoms with E-state index in [1.54, 1.807) is 0 Å². The topological polar surface area (TPSA) is 29.3 Å². The minimum absolute atomic E-state index is 0.428. The van der Waals surface area contributed by atoms with Crippen molar-refractivity contribution in [1.29, 1.82) is 0 Å². The molecule has 1 aromatic rings. The molecule has 1 heterocycles. The standard InChI is InChI=1S/C17H28N2S/c1-5-16(6-2)19(12-14(3)4)13-17-15(8-7-10-18)9-11-20-17/h9,11,14,16H,5-6,10,12-13,18H2,1-4H3. The average Bonchev–Trinajstić information content (AvgIpc) is 2.84. The van der Waals surface area contributed by atoms with Gasteiger partial charge in [0.05, 0.1) is 6.54 Å². The summed E-state index contributed by atoms with van der Waals surface area (Å²) in [5.41, 5.74) is 6.63. The van der Waals surface area contributed by atoms with Gasteiger partial charge in [-0.1, -0.05) is 39.5 Å². The van der Waals surface area contributed by atoms with Gasteiger partial charge in [-0.15, -0.1) is 11.3 Å². The second-order valence-electron chi connectivity index (χ2n) is 5.56. The predicted octanol–water partition coefficient (Wildman–Crippen LogP) is 3.70. The van der Waals surface area contributed by atoms with E-state index in [4.69, 9.17) is 5.73 Å². The molecule has 0 saturated carbocycles. The van der Waals surface area contributed by atoms with Gasteiger partial charge in [0.2, 0.25) is 0 Å². The molecule has 20 heavy (non-hydrogen) atoms. The van der Waals surface area contributed by atoms with Crippen LogP contribution >= 0.6 is 11.3 Å². The Labute approximate surface area is 128 Å². The first-order valence-corrected chi connectivity index (χ1v) is 8.49. The Balaban J connectivity index is 2.86. The molecule has 2 nitrogen and oxygen atoms in total. The quantitative estimate of drug-likeness (QED) is 0.776. The molecule has 0 spiro atoms. The highest BCUT2D eigenvalue weighted by atomic mass is 32.1. The Morgan fingerprint density at radius 1 is 1.30 bits per heavy atom. The summed E-state index contributed by atoms with van der Waals surface area (Å²) in [4.78, 5) is 3.99. The van der Waals surface area contributed by atoms with Crippen LogP contribution in [0, 0.1) is 17.8 Å². The lowest BCUT2D eigenvalue weighted by Gasteiger charge is -2.31. The van der Waals surface area contributed by atoms with E-state index < -0.39 is 0 Å². The summed E-state index contributed by atoms with van der Waals surface area (Å²) in [5.74, 6) is 6.85. The third-order valence-corrected chi connectivity index (χ3v) is 4.38. The van der Waals surface area contributed by atoms with E-state index in [1.807, 2.05) is 11.3 Å². The third-order valence-electron chi connectivity index (χ3n) is 3.48. The lowest BCUT2D eigenvalue weighted by Crippen LogP contribution is -2.36. The molecule has 1 aromatic heterocycles. The van der Waals surface area contributed by atoms with Gasteiger partial charge < -0.3 is 5.73 Å². The number of thiophene rings is 1. The fraction of sp³-hybridized carbons (Fsp3) is 0.647. The van der Waals surface area contributed by atoms with Crippen molar-refractivity contribution in [3.63, 3.8) is 0 Å². The van der Waals surface area contributed by atoms with E-state index in [0.717, 1.165) is 18.7 Å². The third kappa shape index (κ3) is 5.28. The summed E-state index contributed by atoms with van der Waals surface area (Å²) < 4.78 is 0. The second kappa shape index (κ2) is 9.18. The second-order valence-corrected chi connectivity index (χ2v) is 6.56. The molecule has 3 heteroatoms. The fourth-order valence-electron chi connectivity index (χ4n) is 2.52. The molecule has 0 aromatic carbocycles. The summed E-state index contributed by atoms with van der Waals surface area (Å²) in [6.45, 7) is 11.7. The zero-order chi connectivity index (χ0) is 15.0. The van der Waals surface area contributed by atoms with Crippen LogP contribution in [0.4, 0.5) is 0 Å². The zero-order valence-corrected chi connectivity index (χ0v) is 14.1. The maximum Gasteiger partial charge on any atom is 0.0555 e. The van der Waals surface area contributed by atoms with Gasteiger partial charge in [0.25, 0.3) is 0 Å². The zero-order valence-electron chi connectivity index (χ0n) is 13.3. The number of hydrogen-bond donors (Lipinski definition) is 1. The molecule has 112 valence electrons. The van der Waals surface area contributed by atoms with Crippen LogP contribution in [0.25, 0.3) is 0 Å². The molecule has 0 aliphatic rings. The summed E-state index contributed by atoms with van der Waals surface area (Å²) in [7, 11) is 0. The molecule has 0 unspecified atom stereocenters. The van der Waals surface area contributed by atoms with Crippen molar-refractivity contribution in [3.05, 3.63) is 21.9 Å². The van der Waals surface area contributed by atoms with E-state index in [-0.39, 0.29) is 0 Å². The number of rotatable bonds is 7. The van der Waals surface area contributed by atoms with Crippen molar-refractivity contribution >= 4 is 11.3 Å². The van der Waals surface area contributed by atoms with Gasteiger partial charge in [0.1, 0.15) is 0 Å². The van der Waals surface area contributed by atoms with Gasteiger partial charge in [-0.3, -0.25) is 4.90 Å². The van der Waals surface area contributed by atoms with Gasteiger partial charge in [-0.25, -0.2) is 0 Å². The molecule has 2 N–H and O–H groups in total. The molecular weight excluding hydrogens is 264 g/mol. The van der Waals surface area contributed by atoms with E-state index >= 15 is 0 Å². The van der Waals surface area contributed by atoms with E-state index in [0.29, 0.717) is 18.5 Å². The summed E-state index contributed by atoms with van der Waals surface area (Å²) in [6, 6.07) is 2.78.